The van der Waals surface area contributed by atoms with Gasteiger partial charge in [-0.1, -0.05) is 6.92 Å². The van der Waals surface area contributed by atoms with Crippen LogP contribution in [0.15, 0.2) is 12.1 Å². The molecule has 0 spiro atoms. The van der Waals surface area contributed by atoms with Gasteiger partial charge in [0.15, 0.2) is 18.9 Å². The van der Waals surface area contributed by atoms with E-state index in [0.717, 1.165) is 82.7 Å². The van der Waals surface area contributed by atoms with E-state index in [1.165, 1.54) is 56.1 Å². The number of hydrogen-bond acceptors (Lipinski definition) is 6. The third-order valence-corrected chi connectivity index (χ3v) is 10.9. The minimum Gasteiger partial charge on any atom is -0.465 e. The van der Waals surface area contributed by atoms with E-state index in [1.54, 1.807) is 0 Å². The second kappa shape index (κ2) is 11.5. The highest BCUT2D eigenvalue weighted by Gasteiger charge is 2.56. The van der Waals surface area contributed by atoms with Crippen molar-refractivity contribution in [2.75, 3.05) is 19.8 Å². The fourth-order valence-electron chi connectivity index (χ4n) is 8.90. The smallest absolute Gasteiger partial charge is 0.199 e. The molecule has 6 nitrogen and oxygen atoms in total. The number of ether oxygens (including phenoxy) is 6. The third-order valence-electron chi connectivity index (χ3n) is 10.9. The summed E-state index contributed by atoms with van der Waals surface area (Å²) < 4.78 is 37.8. The summed E-state index contributed by atoms with van der Waals surface area (Å²) in [6.45, 7) is 4.96. The van der Waals surface area contributed by atoms with Crippen LogP contribution >= 0.6 is 0 Å². The average Bonchev–Trinajstić information content (AvgIpc) is 3.30. The fourth-order valence-corrected chi connectivity index (χ4v) is 8.90. The number of aryl methyl sites for hydroxylation is 1. The molecule has 1 aromatic rings. The molecule has 0 bridgehead atoms. The maximum absolute atomic E-state index is 6.71. The van der Waals surface area contributed by atoms with Gasteiger partial charge in [-0.05, 0) is 118 Å². The molecule has 3 heterocycles. The molecule has 3 aliphatic heterocycles. The van der Waals surface area contributed by atoms with E-state index < -0.39 is 0 Å². The molecular formula is C33H48O6. The Hall–Kier alpha value is -1.34. The van der Waals surface area contributed by atoms with Crippen molar-refractivity contribution in [1.82, 2.24) is 0 Å². The van der Waals surface area contributed by atoms with Crippen molar-refractivity contribution in [2.24, 2.45) is 17.3 Å². The first kappa shape index (κ1) is 26.6. The number of benzene rings is 1. The van der Waals surface area contributed by atoms with Crippen LogP contribution in [0.4, 0.5) is 0 Å². The molecule has 3 saturated heterocycles. The van der Waals surface area contributed by atoms with Gasteiger partial charge >= 0.3 is 0 Å². The largest absolute Gasteiger partial charge is 0.465 e. The zero-order valence-electron chi connectivity index (χ0n) is 23.9. The molecule has 216 valence electrons. The van der Waals surface area contributed by atoms with Crippen LogP contribution < -0.4 is 9.47 Å². The van der Waals surface area contributed by atoms with E-state index >= 15 is 0 Å². The quantitative estimate of drug-likeness (QED) is 0.378. The van der Waals surface area contributed by atoms with Crippen LogP contribution in [0.5, 0.6) is 11.5 Å². The van der Waals surface area contributed by atoms with Gasteiger partial charge in [0.25, 0.3) is 0 Å². The molecular weight excluding hydrogens is 492 g/mol. The van der Waals surface area contributed by atoms with Crippen LogP contribution in [-0.4, -0.2) is 44.8 Å². The van der Waals surface area contributed by atoms with Gasteiger partial charge in [-0.15, -0.1) is 0 Å². The summed E-state index contributed by atoms with van der Waals surface area (Å²) >= 11 is 0. The zero-order valence-corrected chi connectivity index (χ0v) is 23.9. The molecule has 1 aromatic carbocycles. The molecule has 2 saturated carbocycles. The molecule has 7 rings (SSSR count). The van der Waals surface area contributed by atoms with Gasteiger partial charge in [-0.2, -0.15) is 0 Å². The van der Waals surface area contributed by atoms with Gasteiger partial charge < -0.3 is 28.4 Å². The van der Waals surface area contributed by atoms with Crippen LogP contribution in [-0.2, 0) is 25.4 Å². The van der Waals surface area contributed by atoms with Gasteiger partial charge in [-0.3, -0.25) is 0 Å². The summed E-state index contributed by atoms with van der Waals surface area (Å²) in [4.78, 5) is 0. The Morgan fingerprint density at radius 3 is 2.10 bits per heavy atom. The molecule has 3 unspecified atom stereocenters. The van der Waals surface area contributed by atoms with Gasteiger partial charge in [0, 0.05) is 31.1 Å². The average molecular weight is 541 g/mol. The lowest BCUT2D eigenvalue weighted by molar-refractivity contribution is -0.213. The number of hydrogen-bond donors (Lipinski definition) is 0. The molecule has 0 radical (unpaired) electrons. The van der Waals surface area contributed by atoms with Crippen LogP contribution in [0.3, 0.4) is 0 Å². The molecule has 3 aliphatic carbocycles. The fraction of sp³-hybridized carbons (Fsp3) is 0.818. The van der Waals surface area contributed by atoms with Crippen molar-refractivity contribution in [3.8, 4) is 11.5 Å². The van der Waals surface area contributed by atoms with Crippen molar-refractivity contribution in [3.05, 3.63) is 23.3 Å². The van der Waals surface area contributed by atoms with E-state index in [4.69, 9.17) is 28.4 Å². The van der Waals surface area contributed by atoms with E-state index in [1.807, 2.05) is 0 Å². The predicted molar refractivity (Wildman–Crippen MR) is 148 cm³/mol. The SMILES string of the molecule is C[C@]12CC[C@@H]3c4c(cc(OC5CCCCO5)cc4OC4CCCCO4)CC[C@@H]3[C@@H]1CC[C@@H]2OC1CCCCO1. The number of fused-ring (bicyclic) bond motifs is 5. The molecule has 39 heavy (non-hydrogen) atoms. The number of rotatable bonds is 6. The maximum atomic E-state index is 6.71. The van der Waals surface area contributed by atoms with Crippen LogP contribution in [0, 0.1) is 17.3 Å². The molecule has 8 atom stereocenters. The molecule has 5 fully saturated rings. The van der Waals surface area contributed by atoms with E-state index in [2.05, 4.69) is 19.1 Å². The minimum atomic E-state index is -0.155. The molecule has 0 N–H and O–H groups in total. The minimum absolute atomic E-state index is 0.00573. The van der Waals surface area contributed by atoms with Crippen LogP contribution in [0.25, 0.3) is 0 Å². The standard InChI is InChI=1S/C33H48O6/c1-33-16-15-25-24(26(33)13-14-28(33)39-31-10-4-7-19-36-31)12-11-22-20-23(37-29-8-2-5-17-34-29)21-27(32(22)25)38-30-9-3-6-18-35-30/h20-21,24-26,28-31H,2-19H2,1H3/t24-,25-,26-,28-,29?,30?,31?,33-/m0/s1. The van der Waals surface area contributed by atoms with E-state index in [9.17, 15) is 0 Å². The topological polar surface area (TPSA) is 55.4 Å². The molecule has 0 amide bonds. The van der Waals surface area contributed by atoms with Gasteiger partial charge in [0.1, 0.15) is 11.5 Å². The zero-order chi connectivity index (χ0) is 26.2. The molecule has 6 aliphatic rings. The lowest BCUT2D eigenvalue weighted by atomic mass is 9.55. The normalized spacial score (nSPS) is 40.3. The summed E-state index contributed by atoms with van der Waals surface area (Å²) in [7, 11) is 0. The highest BCUT2D eigenvalue weighted by molar-refractivity contribution is 5.51. The Morgan fingerprint density at radius 2 is 1.41 bits per heavy atom. The molecule has 6 heteroatoms. The Kier molecular flexibility index (Phi) is 7.83. The summed E-state index contributed by atoms with van der Waals surface area (Å²) in [6.07, 6.45) is 17.2. The van der Waals surface area contributed by atoms with Gasteiger partial charge in [-0.25, -0.2) is 0 Å². The monoisotopic (exact) mass is 540 g/mol. The Labute approximate surface area is 234 Å². The summed E-state index contributed by atoms with van der Waals surface area (Å²) in [5.41, 5.74) is 3.11. The van der Waals surface area contributed by atoms with Crippen molar-refractivity contribution in [2.45, 2.75) is 134 Å². The predicted octanol–water partition coefficient (Wildman–Crippen LogP) is 7.27. The Morgan fingerprint density at radius 1 is 0.718 bits per heavy atom. The van der Waals surface area contributed by atoms with Crippen molar-refractivity contribution >= 4 is 0 Å². The lowest BCUT2D eigenvalue weighted by Crippen LogP contribution is -2.46. The highest BCUT2D eigenvalue weighted by Crippen LogP contribution is 2.63. The summed E-state index contributed by atoms with van der Waals surface area (Å²) in [5.74, 6) is 3.82. The van der Waals surface area contributed by atoms with Crippen LogP contribution in [0.1, 0.15) is 114 Å². The Balaban J connectivity index is 1.14. The first-order valence-corrected chi connectivity index (χ1v) is 16.2. The highest BCUT2D eigenvalue weighted by atomic mass is 16.7. The van der Waals surface area contributed by atoms with E-state index in [-0.39, 0.29) is 24.3 Å². The van der Waals surface area contributed by atoms with Crippen molar-refractivity contribution in [1.29, 1.82) is 0 Å². The summed E-state index contributed by atoms with van der Waals surface area (Å²) in [6, 6.07) is 4.46. The van der Waals surface area contributed by atoms with Crippen LogP contribution in [0.2, 0.25) is 0 Å². The summed E-state index contributed by atoms with van der Waals surface area (Å²) in [5, 5.41) is 0. The van der Waals surface area contributed by atoms with Crippen molar-refractivity contribution < 1.29 is 28.4 Å². The second-order valence-corrected chi connectivity index (χ2v) is 13.3. The van der Waals surface area contributed by atoms with E-state index in [0.29, 0.717) is 23.9 Å². The van der Waals surface area contributed by atoms with Gasteiger partial charge in [0.2, 0.25) is 0 Å². The lowest BCUT2D eigenvalue weighted by Gasteiger charge is -2.51. The van der Waals surface area contributed by atoms with Gasteiger partial charge in [0.05, 0.1) is 19.3 Å². The molecule has 0 aromatic heterocycles. The first-order chi connectivity index (χ1) is 19.2. The third kappa shape index (κ3) is 5.36. The maximum Gasteiger partial charge on any atom is 0.199 e. The van der Waals surface area contributed by atoms with Crippen molar-refractivity contribution in [3.63, 3.8) is 0 Å². The first-order valence-electron chi connectivity index (χ1n) is 16.2. The second-order valence-electron chi connectivity index (χ2n) is 13.3. The Bertz CT molecular complexity index is 979.